The van der Waals surface area contributed by atoms with Crippen molar-refractivity contribution in [2.75, 3.05) is 6.61 Å². The third-order valence-corrected chi connectivity index (χ3v) is 2.67. The van der Waals surface area contributed by atoms with Crippen LogP contribution in [0.2, 0.25) is 0 Å². The van der Waals surface area contributed by atoms with Crippen LogP contribution in [0.25, 0.3) is 0 Å². The van der Waals surface area contributed by atoms with Gasteiger partial charge >= 0.3 is 11.7 Å². The minimum Gasteiger partial charge on any atom is -0.480 e. The van der Waals surface area contributed by atoms with E-state index in [1.165, 1.54) is 6.92 Å². The number of carboxylic acids is 1. The van der Waals surface area contributed by atoms with Crippen LogP contribution in [0.15, 0.2) is 9.59 Å². The summed E-state index contributed by atoms with van der Waals surface area (Å²) in [6, 6.07) is -1.38. The van der Waals surface area contributed by atoms with Gasteiger partial charge in [-0.05, 0) is 13.3 Å². The molecule has 1 aromatic rings. The number of amides is 1. The zero-order valence-corrected chi connectivity index (χ0v) is 10.7. The summed E-state index contributed by atoms with van der Waals surface area (Å²) in [4.78, 5) is 49.1. The molecule has 9 nitrogen and oxygen atoms in total. The van der Waals surface area contributed by atoms with Crippen LogP contribution in [0.4, 0.5) is 0 Å². The first-order valence-corrected chi connectivity index (χ1v) is 5.80. The quantitative estimate of drug-likeness (QED) is 0.402. The Hall–Kier alpha value is -2.42. The van der Waals surface area contributed by atoms with Crippen molar-refractivity contribution in [2.45, 2.75) is 25.8 Å². The van der Waals surface area contributed by atoms with Crippen LogP contribution in [-0.2, 0) is 16.0 Å². The SMILES string of the molecule is Cc1[nH]c(=O)[nH]c(=O)c1CCC(=O)NC(CO)C(=O)O. The predicted molar refractivity (Wildman–Crippen MR) is 67.4 cm³/mol. The number of aryl methyl sites for hydroxylation is 1. The molecule has 0 fully saturated rings. The van der Waals surface area contributed by atoms with E-state index in [1.807, 2.05) is 4.98 Å². The van der Waals surface area contributed by atoms with Gasteiger partial charge in [0, 0.05) is 17.7 Å². The normalized spacial score (nSPS) is 11.9. The number of aromatic nitrogens is 2. The molecule has 5 N–H and O–H groups in total. The van der Waals surface area contributed by atoms with Crippen molar-refractivity contribution in [3.63, 3.8) is 0 Å². The second-order valence-corrected chi connectivity index (χ2v) is 4.15. The summed E-state index contributed by atoms with van der Waals surface area (Å²) in [6.07, 6.45) is -0.0959. The van der Waals surface area contributed by atoms with Gasteiger partial charge in [0.1, 0.15) is 6.04 Å². The lowest BCUT2D eigenvalue weighted by Gasteiger charge is -2.11. The number of carbonyl (C=O) groups is 2. The summed E-state index contributed by atoms with van der Waals surface area (Å²) >= 11 is 0. The van der Waals surface area contributed by atoms with Gasteiger partial charge in [-0.15, -0.1) is 0 Å². The molecular weight excluding hydrogens is 270 g/mol. The van der Waals surface area contributed by atoms with Gasteiger partial charge in [-0.1, -0.05) is 0 Å². The van der Waals surface area contributed by atoms with Gasteiger partial charge in [-0.2, -0.15) is 0 Å². The van der Waals surface area contributed by atoms with E-state index in [1.54, 1.807) is 0 Å². The number of hydrogen-bond donors (Lipinski definition) is 5. The highest BCUT2D eigenvalue weighted by Crippen LogP contribution is 2.00. The molecule has 110 valence electrons. The highest BCUT2D eigenvalue weighted by atomic mass is 16.4. The molecule has 20 heavy (non-hydrogen) atoms. The number of carbonyl (C=O) groups excluding carboxylic acids is 1. The summed E-state index contributed by atoms with van der Waals surface area (Å²) < 4.78 is 0. The molecule has 0 aliphatic carbocycles. The highest BCUT2D eigenvalue weighted by Gasteiger charge is 2.18. The van der Waals surface area contributed by atoms with Gasteiger partial charge in [0.05, 0.1) is 6.61 Å². The maximum atomic E-state index is 11.5. The number of carboxylic acid groups (broad SMARTS) is 1. The van der Waals surface area contributed by atoms with E-state index < -0.39 is 35.8 Å². The van der Waals surface area contributed by atoms with Crippen molar-refractivity contribution in [2.24, 2.45) is 0 Å². The minimum atomic E-state index is -1.38. The average Bonchev–Trinajstić information content (AvgIpc) is 2.34. The number of aliphatic hydroxyl groups excluding tert-OH is 1. The Kier molecular flexibility index (Phi) is 5.21. The topological polar surface area (TPSA) is 152 Å². The number of H-pyrrole nitrogens is 2. The average molecular weight is 285 g/mol. The molecule has 1 rings (SSSR count). The van der Waals surface area contributed by atoms with E-state index in [-0.39, 0.29) is 18.4 Å². The van der Waals surface area contributed by atoms with Crippen molar-refractivity contribution < 1.29 is 19.8 Å². The monoisotopic (exact) mass is 285 g/mol. The Morgan fingerprint density at radius 2 is 1.95 bits per heavy atom. The van der Waals surface area contributed by atoms with E-state index in [0.717, 1.165) is 0 Å². The highest BCUT2D eigenvalue weighted by molar-refractivity contribution is 5.83. The molecule has 1 amide bonds. The van der Waals surface area contributed by atoms with Crippen molar-refractivity contribution in [3.8, 4) is 0 Å². The summed E-state index contributed by atoms with van der Waals surface area (Å²) in [6.45, 7) is 0.803. The first-order valence-electron chi connectivity index (χ1n) is 5.80. The predicted octanol–water partition coefficient (Wildman–Crippen LogP) is -2.13. The summed E-state index contributed by atoms with van der Waals surface area (Å²) in [7, 11) is 0. The summed E-state index contributed by atoms with van der Waals surface area (Å²) in [5.74, 6) is -1.96. The first kappa shape index (κ1) is 15.6. The summed E-state index contributed by atoms with van der Waals surface area (Å²) in [5, 5.41) is 19.5. The number of aliphatic hydroxyl groups is 1. The Morgan fingerprint density at radius 3 is 2.45 bits per heavy atom. The van der Waals surface area contributed by atoms with Crippen molar-refractivity contribution in [3.05, 3.63) is 32.1 Å². The van der Waals surface area contributed by atoms with Gasteiger partial charge in [0.2, 0.25) is 5.91 Å². The summed E-state index contributed by atoms with van der Waals surface area (Å²) in [5.41, 5.74) is -0.623. The number of aromatic amines is 2. The van der Waals surface area contributed by atoms with Crippen LogP contribution in [0.5, 0.6) is 0 Å². The lowest BCUT2D eigenvalue weighted by Crippen LogP contribution is -2.43. The second-order valence-electron chi connectivity index (χ2n) is 4.15. The number of nitrogens with one attached hydrogen (secondary N) is 3. The molecule has 0 radical (unpaired) electrons. The molecular formula is C11H15N3O6. The molecule has 1 heterocycles. The fourth-order valence-electron chi connectivity index (χ4n) is 1.62. The fraction of sp³-hybridized carbons (Fsp3) is 0.455. The van der Waals surface area contributed by atoms with Crippen LogP contribution < -0.4 is 16.6 Å². The molecule has 9 heteroatoms. The Labute approximate surface area is 112 Å². The van der Waals surface area contributed by atoms with Crippen LogP contribution >= 0.6 is 0 Å². The molecule has 0 spiro atoms. The Bertz CT molecular complexity index is 617. The maximum absolute atomic E-state index is 11.5. The third kappa shape index (κ3) is 4.05. The molecule has 0 saturated carbocycles. The lowest BCUT2D eigenvalue weighted by atomic mass is 10.1. The van der Waals surface area contributed by atoms with Crippen LogP contribution in [-0.4, -0.2) is 44.7 Å². The smallest absolute Gasteiger partial charge is 0.328 e. The maximum Gasteiger partial charge on any atom is 0.328 e. The van der Waals surface area contributed by atoms with E-state index in [0.29, 0.717) is 5.69 Å². The molecule has 0 saturated heterocycles. The van der Waals surface area contributed by atoms with E-state index in [9.17, 15) is 19.2 Å². The van der Waals surface area contributed by atoms with Gasteiger partial charge in [0.15, 0.2) is 0 Å². The van der Waals surface area contributed by atoms with Gasteiger partial charge in [-0.25, -0.2) is 9.59 Å². The Morgan fingerprint density at radius 1 is 1.30 bits per heavy atom. The zero-order valence-electron chi connectivity index (χ0n) is 10.7. The van der Waals surface area contributed by atoms with Crippen molar-refractivity contribution in [1.29, 1.82) is 0 Å². The van der Waals surface area contributed by atoms with Crippen LogP contribution in [0.1, 0.15) is 17.7 Å². The zero-order chi connectivity index (χ0) is 15.3. The van der Waals surface area contributed by atoms with Crippen molar-refractivity contribution >= 4 is 11.9 Å². The van der Waals surface area contributed by atoms with Crippen molar-refractivity contribution in [1.82, 2.24) is 15.3 Å². The standard InChI is InChI=1S/C11H15N3O6/c1-5-6(9(17)14-11(20)12-5)2-3-8(16)13-7(4-15)10(18)19/h7,15H,2-4H2,1H3,(H,13,16)(H,18,19)(H2,12,14,17,20). The molecule has 0 bridgehead atoms. The van der Waals surface area contributed by atoms with Gasteiger partial charge in [0.25, 0.3) is 5.56 Å². The van der Waals surface area contributed by atoms with Gasteiger partial charge in [-0.3, -0.25) is 14.6 Å². The molecule has 1 atom stereocenters. The van der Waals surface area contributed by atoms with E-state index >= 15 is 0 Å². The van der Waals surface area contributed by atoms with Crippen LogP contribution in [0.3, 0.4) is 0 Å². The van der Waals surface area contributed by atoms with Crippen LogP contribution in [0, 0.1) is 6.92 Å². The van der Waals surface area contributed by atoms with Gasteiger partial charge < -0.3 is 20.5 Å². The van der Waals surface area contributed by atoms with E-state index in [2.05, 4.69) is 10.3 Å². The molecule has 0 aliphatic heterocycles. The Balaban J connectivity index is 2.69. The number of aliphatic carboxylic acids is 1. The molecule has 1 unspecified atom stereocenters. The number of hydrogen-bond acceptors (Lipinski definition) is 5. The lowest BCUT2D eigenvalue weighted by molar-refractivity contribution is -0.142. The largest absolute Gasteiger partial charge is 0.480 e. The molecule has 1 aromatic heterocycles. The number of rotatable bonds is 6. The fourth-order valence-corrected chi connectivity index (χ4v) is 1.62. The van der Waals surface area contributed by atoms with E-state index in [4.69, 9.17) is 10.2 Å². The molecule has 0 aliphatic rings. The first-order chi connectivity index (χ1) is 9.35. The minimum absolute atomic E-state index is 0.0432. The third-order valence-electron chi connectivity index (χ3n) is 2.67. The second kappa shape index (κ2) is 6.66. The molecule has 0 aromatic carbocycles.